The van der Waals surface area contributed by atoms with E-state index in [-0.39, 0.29) is 5.00 Å². The molecule has 0 saturated heterocycles. The molecule has 0 bridgehead atoms. The first kappa shape index (κ1) is 16.5. The maximum absolute atomic E-state index is 10.6. The summed E-state index contributed by atoms with van der Waals surface area (Å²) in [6.45, 7) is 5.97. The molecule has 0 aliphatic rings. The van der Waals surface area contributed by atoms with Crippen LogP contribution in [0.15, 0.2) is 17.2 Å². The Bertz CT molecular complexity index is 482. The summed E-state index contributed by atoms with van der Waals surface area (Å²) in [5, 5.41) is 15.3. The molecule has 1 rings (SSSR count). The number of hydrogen-bond donors (Lipinski definition) is 1. The predicted octanol–water partition coefficient (Wildman–Crippen LogP) is 2.99. The van der Waals surface area contributed by atoms with Gasteiger partial charge in [0.25, 0.3) is 0 Å². The molecule has 1 aromatic rings. The fraction of sp³-hybridized carbons (Fsp3) is 0.500. The van der Waals surface area contributed by atoms with Gasteiger partial charge in [-0.25, -0.2) is 0 Å². The van der Waals surface area contributed by atoms with Crippen molar-refractivity contribution in [2.24, 2.45) is 5.10 Å². The van der Waals surface area contributed by atoms with Crippen LogP contribution in [0.5, 0.6) is 0 Å². The topological polar surface area (TPSA) is 70.8 Å². The lowest BCUT2D eigenvalue weighted by Gasteiger charge is -2.23. The van der Waals surface area contributed by atoms with E-state index in [1.54, 1.807) is 12.3 Å². The fourth-order valence-corrected chi connectivity index (χ4v) is 2.52. The van der Waals surface area contributed by atoms with Crippen molar-refractivity contribution in [1.82, 2.24) is 10.3 Å². The average Bonchev–Trinajstić information content (AvgIpc) is 2.87. The third-order valence-corrected chi connectivity index (χ3v) is 3.74. The third-order valence-electron chi connectivity index (χ3n) is 2.42. The minimum atomic E-state index is -0.412. The second kappa shape index (κ2) is 8.60. The first-order chi connectivity index (χ1) is 9.58. The lowest BCUT2D eigenvalue weighted by molar-refractivity contribution is -0.380. The molecule has 1 N–H and O–H groups in total. The van der Waals surface area contributed by atoms with E-state index in [9.17, 15) is 10.1 Å². The van der Waals surface area contributed by atoms with Crippen molar-refractivity contribution in [3.63, 3.8) is 0 Å². The molecule has 20 heavy (non-hydrogen) atoms. The lowest BCUT2D eigenvalue weighted by Crippen LogP contribution is -2.38. The van der Waals surface area contributed by atoms with Gasteiger partial charge < -0.3 is 4.90 Å². The number of hydrogen-bond acceptors (Lipinski definition) is 5. The number of nitrogens with one attached hydrogen (secondary N) is 1. The fourth-order valence-electron chi connectivity index (χ4n) is 1.59. The number of rotatable bonds is 7. The van der Waals surface area contributed by atoms with Crippen molar-refractivity contribution in [3.05, 3.63) is 27.1 Å². The summed E-state index contributed by atoms with van der Waals surface area (Å²) in [4.78, 5) is 12.9. The van der Waals surface area contributed by atoms with Crippen LogP contribution >= 0.6 is 23.6 Å². The molecule has 6 nitrogen and oxygen atoms in total. The van der Waals surface area contributed by atoms with Gasteiger partial charge >= 0.3 is 5.00 Å². The van der Waals surface area contributed by atoms with E-state index >= 15 is 0 Å². The number of thiocarbonyl (C=S) groups is 1. The van der Waals surface area contributed by atoms with Gasteiger partial charge in [0.2, 0.25) is 0 Å². The summed E-state index contributed by atoms with van der Waals surface area (Å²) in [7, 11) is 0. The van der Waals surface area contributed by atoms with Gasteiger partial charge in [-0.15, -0.1) is 0 Å². The number of hydrazone groups is 1. The van der Waals surface area contributed by atoms with Gasteiger partial charge in [-0.3, -0.25) is 15.5 Å². The molecule has 0 aromatic carbocycles. The van der Waals surface area contributed by atoms with Gasteiger partial charge in [0.15, 0.2) is 5.11 Å². The molecule has 8 heteroatoms. The molecule has 0 atom stereocenters. The minimum Gasteiger partial charge on any atom is -0.348 e. The van der Waals surface area contributed by atoms with E-state index in [0.29, 0.717) is 9.99 Å². The minimum absolute atomic E-state index is 0.104. The maximum Gasteiger partial charge on any atom is 0.324 e. The van der Waals surface area contributed by atoms with Gasteiger partial charge in [0.1, 0.15) is 0 Å². The van der Waals surface area contributed by atoms with E-state index in [4.69, 9.17) is 12.2 Å². The summed E-state index contributed by atoms with van der Waals surface area (Å²) >= 11 is 6.34. The van der Waals surface area contributed by atoms with Crippen LogP contribution < -0.4 is 5.43 Å². The number of nitrogens with zero attached hydrogens (tertiary/aromatic N) is 3. The van der Waals surface area contributed by atoms with Crippen LogP contribution in [0.3, 0.4) is 0 Å². The van der Waals surface area contributed by atoms with Crippen LogP contribution in [-0.4, -0.2) is 34.2 Å². The Labute approximate surface area is 127 Å². The molecule has 1 aromatic heterocycles. The van der Waals surface area contributed by atoms with E-state index in [2.05, 4.69) is 29.3 Å². The molecule has 0 fully saturated rings. The van der Waals surface area contributed by atoms with Crippen molar-refractivity contribution < 1.29 is 4.92 Å². The first-order valence-corrected chi connectivity index (χ1v) is 7.63. The molecular formula is C12H18N4O2S2. The van der Waals surface area contributed by atoms with Crippen LogP contribution in [0.4, 0.5) is 5.00 Å². The molecule has 0 spiro atoms. The van der Waals surface area contributed by atoms with E-state index in [1.807, 2.05) is 0 Å². The molecule has 0 unspecified atom stereocenters. The van der Waals surface area contributed by atoms with E-state index in [0.717, 1.165) is 37.3 Å². The molecule has 0 aliphatic carbocycles. The standard InChI is InChI=1S/C12H18N4O2S2/c1-3-7-15(8-4-2)12(19)14-13-9-10-5-6-11(20-10)16(17)18/h5-6,9H,3-4,7-8H2,1-2H3,(H,14,19)/b13-9+. The lowest BCUT2D eigenvalue weighted by atomic mass is 10.4. The van der Waals surface area contributed by atoms with Crippen molar-refractivity contribution in [2.45, 2.75) is 26.7 Å². The zero-order valence-electron chi connectivity index (χ0n) is 11.5. The Kier molecular flexibility index (Phi) is 7.10. The number of nitro groups is 1. The van der Waals surface area contributed by atoms with Gasteiger partial charge in [-0.1, -0.05) is 25.2 Å². The Morgan fingerprint density at radius 1 is 1.50 bits per heavy atom. The Hall–Kier alpha value is -1.54. The zero-order valence-corrected chi connectivity index (χ0v) is 13.2. The van der Waals surface area contributed by atoms with Crippen LogP contribution in [0.1, 0.15) is 31.6 Å². The van der Waals surface area contributed by atoms with Crippen molar-refractivity contribution >= 4 is 39.9 Å². The average molecular weight is 314 g/mol. The van der Waals surface area contributed by atoms with Crippen LogP contribution in [0, 0.1) is 10.1 Å². The molecule has 0 aliphatic heterocycles. The molecule has 0 saturated carbocycles. The van der Waals surface area contributed by atoms with Gasteiger partial charge in [-0.2, -0.15) is 5.10 Å². The smallest absolute Gasteiger partial charge is 0.324 e. The third kappa shape index (κ3) is 5.22. The van der Waals surface area contributed by atoms with E-state index in [1.165, 1.54) is 6.07 Å². The summed E-state index contributed by atoms with van der Waals surface area (Å²) in [5.41, 5.74) is 2.80. The van der Waals surface area contributed by atoms with Crippen LogP contribution in [0.25, 0.3) is 0 Å². The van der Waals surface area contributed by atoms with Gasteiger partial charge in [-0.05, 0) is 31.1 Å². The Morgan fingerprint density at radius 2 is 2.15 bits per heavy atom. The van der Waals surface area contributed by atoms with Gasteiger partial charge in [0.05, 0.1) is 16.0 Å². The highest BCUT2D eigenvalue weighted by Crippen LogP contribution is 2.22. The maximum atomic E-state index is 10.6. The first-order valence-electron chi connectivity index (χ1n) is 6.40. The highest BCUT2D eigenvalue weighted by Gasteiger charge is 2.08. The summed E-state index contributed by atoms with van der Waals surface area (Å²) < 4.78 is 0. The molecule has 1 heterocycles. The molecular weight excluding hydrogens is 296 g/mol. The second-order valence-corrected chi connectivity index (χ2v) is 5.58. The largest absolute Gasteiger partial charge is 0.348 e. The van der Waals surface area contributed by atoms with Crippen molar-refractivity contribution in [3.8, 4) is 0 Å². The van der Waals surface area contributed by atoms with Gasteiger partial charge in [0, 0.05) is 19.2 Å². The molecule has 0 amide bonds. The second-order valence-electron chi connectivity index (χ2n) is 4.10. The Balaban J connectivity index is 2.53. The Morgan fingerprint density at radius 3 is 2.65 bits per heavy atom. The van der Waals surface area contributed by atoms with Crippen molar-refractivity contribution in [2.75, 3.05) is 13.1 Å². The number of thiophene rings is 1. The van der Waals surface area contributed by atoms with Crippen LogP contribution in [0.2, 0.25) is 0 Å². The monoisotopic (exact) mass is 314 g/mol. The summed E-state index contributed by atoms with van der Waals surface area (Å²) in [5.74, 6) is 0. The van der Waals surface area contributed by atoms with Crippen molar-refractivity contribution in [1.29, 1.82) is 0 Å². The predicted molar refractivity (Wildman–Crippen MR) is 86.5 cm³/mol. The van der Waals surface area contributed by atoms with Crippen LogP contribution in [-0.2, 0) is 0 Å². The SMILES string of the molecule is CCCN(CCC)C(=S)N/N=C/c1ccc([N+](=O)[O-])s1. The zero-order chi connectivity index (χ0) is 15.0. The normalized spacial score (nSPS) is 10.7. The van der Waals surface area contributed by atoms with E-state index < -0.39 is 4.92 Å². The molecule has 0 radical (unpaired) electrons. The quantitative estimate of drug-likeness (QED) is 0.362. The summed E-state index contributed by atoms with van der Waals surface area (Å²) in [6, 6.07) is 3.12. The molecule has 110 valence electrons. The highest BCUT2D eigenvalue weighted by atomic mass is 32.1. The highest BCUT2D eigenvalue weighted by molar-refractivity contribution is 7.80. The summed E-state index contributed by atoms with van der Waals surface area (Å²) in [6.07, 6.45) is 3.57.